The minimum atomic E-state index is -0.387. The summed E-state index contributed by atoms with van der Waals surface area (Å²) in [6.07, 6.45) is 7.49. The zero-order chi connectivity index (χ0) is 24.7. The molecule has 1 amide bonds. The van der Waals surface area contributed by atoms with E-state index >= 15 is 0 Å². The highest BCUT2D eigenvalue weighted by atomic mass is 16.5. The third-order valence-electron chi connectivity index (χ3n) is 8.00. The van der Waals surface area contributed by atoms with Gasteiger partial charge in [0.15, 0.2) is 5.82 Å². The maximum atomic E-state index is 12.9. The quantitative estimate of drug-likeness (QED) is 0.596. The summed E-state index contributed by atoms with van der Waals surface area (Å²) in [5, 5.41) is 12.0. The number of aromatic amines is 1. The summed E-state index contributed by atoms with van der Waals surface area (Å²) in [6, 6.07) is 5.96. The second-order valence-corrected chi connectivity index (χ2v) is 11.4. The summed E-state index contributed by atoms with van der Waals surface area (Å²) < 4.78 is 6.11. The number of allylic oxidation sites excluding steroid dienone is 2. The Kier molecular flexibility index (Phi) is 6.15. The number of carbonyl (C=O) groups is 1. The van der Waals surface area contributed by atoms with Crippen molar-refractivity contribution < 1.29 is 9.53 Å². The van der Waals surface area contributed by atoms with E-state index in [9.17, 15) is 4.79 Å². The first-order valence-corrected chi connectivity index (χ1v) is 12.0. The molecule has 2 aromatic rings. The molecule has 1 atom stereocenters. The summed E-state index contributed by atoms with van der Waals surface area (Å²) in [6.45, 7) is 14.1. The molecule has 1 saturated heterocycles. The Morgan fingerprint density at radius 1 is 1.24 bits per heavy atom. The Labute approximate surface area is 202 Å². The lowest BCUT2D eigenvalue weighted by Gasteiger charge is -2.50. The Morgan fingerprint density at radius 2 is 2.00 bits per heavy atom. The normalized spacial score (nSPS) is 23.0. The molecule has 1 aliphatic heterocycles. The number of imidazole rings is 1. The molecule has 34 heavy (non-hydrogen) atoms. The number of H-pyrrole nitrogens is 1. The summed E-state index contributed by atoms with van der Waals surface area (Å²) in [5.74, 6) is -0.0390. The van der Waals surface area contributed by atoms with Crippen molar-refractivity contribution in [3.05, 3.63) is 47.3 Å². The Bertz CT molecular complexity index is 1170. The van der Waals surface area contributed by atoms with E-state index in [4.69, 9.17) is 15.0 Å². The van der Waals surface area contributed by atoms with Crippen molar-refractivity contribution in [1.29, 1.82) is 5.26 Å². The van der Waals surface area contributed by atoms with Crippen molar-refractivity contribution >= 4 is 17.2 Å². The maximum Gasteiger partial charge on any atom is 0.291 e. The van der Waals surface area contributed by atoms with Gasteiger partial charge in [0, 0.05) is 23.6 Å². The molecule has 0 bridgehead atoms. The molecule has 1 aliphatic carbocycles. The fraction of sp³-hybridized carbons (Fsp3) is 0.556. The standard InChI is InChI=1S/C27H35N5O2/c1-25(2)12-9-17(10-13-25)22-21(32-24(33)23-29-16-18(15-28)30-23)8-7-20(31-22)19-11-14-34-27(5,6)26(19,3)4/h7-9,16,19H,10-14H2,1-6H3,(H,29,30)(H,32,33). The molecule has 2 N–H and O–H groups in total. The minimum absolute atomic E-state index is 0.106. The van der Waals surface area contributed by atoms with Crippen molar-refractivity contribution in [2.24, 2.45) is 10.8 Å². The number of hydrogen-bond acceptors (Lipinski definition) is 5. The van der Waals surface area contributed by atoms with Crippen molar-refractivity contribution in [2.45, 2.75) is 78.7 Å². The topological polar surface area (TPSA) is 104 Å². The fourth-order valence-electron chi connectivity index (χ4n) is 4.90. The number of hydrogen-bond donors (Lipinski definition) is 2. The Balaban J connectivity index is 1.72. The van der Waals surface area contributed by atoms with Crippen LogP contribution in [0.15, 0.2) is 24.4 Å². The largest absolute Gasteiger partial charge is 0.375 e. The second-order valence-electron chi connectivity index (χ2n) is 11.4. The Hall–Kier alpha value is -2.98. The van der Waals surface area contributed by atoms with Gasteiger partial charge in [0.05, 0.1) is 23.2 Å². The molecular weight excluding hydrogens is 426 g/mol. The van der Waals surface area contributed by atoms with Crippen LogP contribution in [0, 0.1) is 22.2 Å². The van der Waals surface area contributed by atoms with Gasteiger partial charge in [-0.2, -0.15) is 5.26 Å². The summed E-state index contributed by atoms with van der Waals surface area (Å²) in [7, 11) is 0. The molecule has 0 spiro atoms. The number of nitrogens with zero attached hydrogens (tertiary/aromatic N) is 3. The van der Waals surface area contributed by atoms with Gasteiger partial charge in [-0.15, -0.1) is 0 Å². The fourth-order valence-corrected chi connectivity index (χ4v) is 4.90. The first-order valence-electron chi connectivity index (χ1n) is 12.0. The van der Waals surface area contributed by atoms with Gasteiger partial charge >= 0.3 is 0 Å². The van der Waals surface area contributed by atoms with Crippen molar-refractivity contribution in [2.75, 3.05) is 11.9 Å². The summed E-state index contributed by atoms with van der Waals surface area (Å²) >= 11 is 0. The average Bonchev–Trinajstić information content (AvgIpc) is 3.26. The molecular formula is C27H35N5O2. The maximum absolute atomic E-state index is 12.9. The van der Waals surface area contributed by atoms with Crippen LogP contribution in [0.4, 0.5) is 5.69 Å². The monoisotopic (exact) mass is 461 g/mol. The molecule has 0 saturated carbocycles. The van der Waals surface area contributed by atoms with Crippen LogP contribution in [0.1, 0.15) is 101 Å². The first kappa shape index (κ1) is 24.2. The molecule has 180 valence electrons. The van der Waals surface area contributed by atoms with E-state index in [1.165, 1.54) is 6.20 Å². The van der Waals surface area contributed by atoms with E-state index in [2.05, 4.69) is 62.9 Å². The zero-order valence-electron chi connectivity index (χ0n) is 21.1. The van der Waals surface area contributed by atoms with Gasteiger partial charge < -0.3 is 15.0 Å². The second kappa shape index (κ2) is 8.66. The predicted molar refractivity (Wildman–Crippen MR) is 132 cm³/mol. The van der Waals surface area contributed by atoms with Gasteiger partial charge in [-0.1, -0.05) is 33.8 Å². The van der Waals surface area contributed by atoms with E-state index in [0.29, 0.717) is 12.3 Å². The third-order valence-corrected chi connectivity index (χ3v) is 8.00. The number of rotatable bonds is 4. The third kappa shape index (κ3) is 4.52. The number of pyridine rings is 1. The van der Waals surface area contributed by atoms with Crippen LogP contribution in [0.5, 0.6) is 0 Å². The molecule has 4 rings (SSSR count). The van der Waals surface area contributed by atoms with Gasteiger partial charge in [0.25, 0.3) is 5.91 Å². The lowest BCUT2D eigenvalue weighted by Crippen LogP contribution is -2.50. The van der Waals surface area contributed by atoms with Crippen LogP contribution in [0.3, 0.4) is 0 Å². The molecule has 0 aromatic carbocycles. The van der Waals surface area contributed by atoms with Crippen molar-refractivity contribution in [1.82, 2.24) is 15.0 Å². The lowest BCUT2D eigenvalue weighted by molar-refractivity contribution is -0.145. The first-order chi connectivity index (χ1) is 15.9. The van der Waals surface area contributed by atoms with Crippen LogP contribution >= 0.6 is 0 Å². The molecule has 2 aliphatic rings. The number of nitriles is 1. The van der Waals surface area contributed by atoms with Gasteiger partial charge in [0.1, 0.15) is 11.8 Å². The smallest absolute Gasteiger partial charge is 0.291 e. The number of anilines is 1. The highest BCUT2D eigenvalue weighted by molar-refractivity contribution is 6.03. The van der Waals surface area contributed by atoms with E-state index in [-0.39, 0.29) is 39.8 Å². The number of nitrogens with one attached hydrogen (secondary N) is 2. The van der Waals surface area contributed by atoms with Gasteiger partial charge in [-0.3, -0.25) is 9.78 Å². The SMILES string of the molecule is CC1(C)CC=C(c2nc(C3CCOC(C)(C)C3(C)C)ccc2NC(=O)c2ncc(C#N)[nH]2)CC1. The molecule has 7 heteroatoms. The number of aromatic nitrogens is 3. The highest BCUT2D eigenvalue weighted by Crippen LogP contribution is 2.50. The number of ether oxygens (including phenoxy) is 1. The van der Waals surface area contributed by atoms with E-state index in [1.54, 1.807) is 0 Å². The van der Waals surface area contributed by atoms with Crippen LogP contribution in [-0.2, 0) is 4.74 Å². The number of carbonyl (C=O) groups excluding carboxylic acids is 1. The molecule has 7 nitrogen and oxygen atoms in total. The predicted octanol–water partition coefficient (Wildman–Crippen LogP) is 5.83. The van der Waals surface area contributed by atoms with Crippen LogP contribution in [0.25, 0.3) is 5.57 Å². The van der Waals surface area contributed by atoms with Gasteiger partial charge in [0.2, 0.25) is 0 Å². The van der Waals surface area contributed by atoms with Gasteiger partial charge in [-0.05, 0) is 62.7 Å². The molecule has 0 radical (unpaired) electrons. The van der Waals surface area contributed by atoms with Crippen molar-refractivity contribution in [3.63, 3.8) is 0 Å². The average molecular weight is 462 g/mol. The van der Waals surface area contributed by atoms with E-state index in [0.717, 1.165) is 42.6 Å². The van der Waals surface area contributed by atoms with Crippen molar-refractivity contribution in [3.8, 4) is 6.07 Å². The van der Waals surface area contributed by atoms with Gasteiger partial charge in [-0.25, -0.2) is 4.98 Å². The molecule has 1 unspecified atom stereocenters. The highest BCUT2D eigenvalue weighted by Gasteiger charge is 2.48. The summed E-state index contributed by atoms with van der Waals surface area (Å²) in [4.78, 5) is 24.8. The lowest BCUT2D eigenvalue weighted by atomic mass is 9.64. The molecule has 2 aromatic heterocycles. The molecule has 1 fully saturated rings. The van der Waals surface area contributed by atoms with Crippen LogP contribution < -0.4 is 5.32 Å². The van der Waals surface area contributed by atoms with E-state index < -0.39 is 0 Å². The van der Waals surface area contributed by atoms with Crippen LogP contribution in [0.2, 0.25) is 0 Å². The minimum Gasteiger partial charge on any atom is -0.375 e. The molecule has 3 heterocycles. The summed E-state index contributed by atoms with van der Waals surface area (Å²) in [5.41, 5.74) is 3.83. The number of amides is 1. The zero-order valence-corrected chi connectivity index (χ0v) is 21.1. The van der Waals surface area contributed by atoms with E-state index in [1.807, 2.05) is 18.2 Å². The Morgan fingerprint density at radius 3 is 2.65 bits per heavy atom. The van der Waals surface area contributed by atoms with Crippen LogP contribution in [-0.4, -0.2) is 33.1 Å².